The summed E-state index contributed by atoms with van der Waals surface area (Å²) in [4.78, 5) is 0. The largest absolute Gasteiger partial charge is 0.330 e. The Morgan fingerprint density at radius 3 is 1.50 bits per heavy atom. The van der Waals surface area contributed by atoms with Gasteiger partial charge in [-0.25, -0.2) is 0 Å². The van der Waals surface area contributed by atoms with Crippen molar-refractivity contribution < 1.29 is 0 Å². The van der Waals surface area contributed by atoms with Gasteiger partial charge in [-0.15, -0.1) is 0 Å². The molecule has 84 valence electrons. The standard InChI is InChI=1S/C10H24N4/c11-6-1-2-10(3-7-12,4-8-13)5-9-14/h1-2H,3-9,11-14H2. The predicted octanol–water partition coefficient (Wildman–Crippen LogP) is -0.466. The molecule has 0 heterocycles. The highest BCUT2D eigenvalue weighted by Crippen LogP contribution is 2.31. The third-order valence-electron chi connectivity index (χ3n) is 2.53. The van der Waals surface area contributed by atoms with Crippen LogP contribution in [0, 0.1) is 5.41 Å². The third-order valence-corrected chi connectivity index (χ3v) is 2.53. The van der Waals surface area contributed by atoms with Gasteiger partial charge in [-0.1, -0.05) is 12.2 Å². The summed E-state index contributed by atoms with van der Waals surface area (Å²) in [5.41, 5.74) is 22.3. The molecule has 4 heteroatoms. The lowest BCUT2D eigenvalue weighted by Crippen LogP contribution is -2.28. The second-order valence-corrected chi connectivity index (χ2v) is 3.62. The van der Waals surface area contributed by atoms with Crippen molar-refractivity contribution in [1.29, 1.82) is 0 Å². The normalized spacial score (nSPS) is 12.6. The molecule has 0 saturated heterocycles. The van der Waals surface area contributed by atoms with Crippen molar-refractivity contribution >= 4 is 0 Å². The number of hydrogen-bond donors (Lipinski definition) is 4. The van der Waals surface area contributed by atoms with Gasteiger partial charge in [-0.05, 0) is 44.3 Å². The summed E-state index contributed by atoms with van der Waals surface area (Å²) >= 11 is 0. The van der Waals surface area contributed by atoms with Gasteiger partial charge in [0, 0.05) is 6.54 Å². The Balaban J connectivity index is 4.45. The van der Waals surface area contributed by atoms with Gasteiger partial charge in [0.05, 0.1) is 0 Å². The Labute approximate surface area is 86.7 Å². The van der Waals surface area contributed by atoms with Crippen molar-refractivity contribution in [2.45, 2.75) is 19.3 Å². The maximum absolute atomic E-state index is 5.60. The van der Waals surface area contributed by atoms with Crippen molar-refractivity contribution in [2.75, 3.05) is 26.2 Å². The van der Waals surface area contributed by atoms with Crippen LogP contribution in [0.1, 0.15) is 19.3 Å². The van der Waals surface area contributed by atoms with Crippen molar-refractivity contribution in [3.8, 4) is 0 Å². The van der Waals surface area contributed by atoms with E-state index in [9.17, 15) is 0 Å². The van der Waals surface area contributed by atoms with Gasteiger partial charge >= 0.3 is 0 Å². The quantitative estimate of drug-likeness (QED) is 0.398. The van der Waals surface area contributed by atoms with Gasteiger partial charge < -0.3 is 22.9 Å². The van der Waals surface area contributed by atoms with Crippen LogP contribution in [0.2, 0.25) is 0 Å². The first kappa shape index (κ1) is 13.6. The molecule has 8 N–H and O–H groups in total. The molecule has 0 rings (SSSR count). The average Bonchev–Trinajstić information content (AvgIpc) is 2.16. The fourth-order valence-electron chi connectivity index (χ4n) is 1.81. The number of nitrogens with two attached hydrogens (primary N) is 4. The number of rotatable bonds is 8. The van der Waals surface area contributed by atoms with Crippen LogP contribution in [0.4, 0.5) is 0 Å². The number of allylic oxidation sites excluding steroid dienone is 1. The SMILES string of the molecule is NCC=CC(CCN)(CCN)CCN. The second-order valence-electron chi connectivity index (χ2n) is 3.62. The minimum absolute atomic E-state index is 0.0671. The molecule has 0 aromatic carbocycles. The lowest BCUT2D eigenvalue weighted by molar-refractivity contribution is 0.312. The fourth-order valence-corrected chi connectivity index (χ4v) is 1.81. The molecule has 14 heavy (non-hydrogen) atoms. The second kappa shape index (κ2) is 7.94. The molecule has 0 spiro atoms. The summed E-state index contributed by atoms with van der Waals surface area (Å²) in [5.74, 6) is 0. The van der Waals surface area contributed by atoms with E-state index >= 15 is 0 Å². The van der Waals surface area contributed by atoms with Crippen molar-refractivity contribution in [3.05, 3.63) is 12.2 Å². The number of hydrogen-bond acceptors (Lipinski definition) is 4. The minimum atomic E-state index is 0.0671. The zero-order valence-electron chi connectivity index (χ0n) is 8.91. The molecule has 0 unspecified atom stereocenters. The van der Waals surface area contributed by atoms with Gasteiger partial charge in [0.25, 0.3) is 0 Å². The van der Waals surface area contributed by atoms with E-state index in [-0.39, 0.29) is 5.41 Å². The van der Waals surface area contributed by atoms with Crippen LogP contribution < -0.4 is 22.9 Å². The van der Waals surface area contributed by atoms with Gasteiger partial charge in [-0.2, -0.15) is 0 Å². The lowest BCUT2D eigenvalue weighted by Gasteiger charge is -2.29. The highest BCUT2D eigenvalue weighted by molar-refractivity contribution is 5.01. The van der Waals surface area contributed by atoms with E-state index in [1.165, 1.54) is 0 Å². The first-order chi connectivity index (χ1) is 6.74. The van der Waals surface area contributed by atoms with Crippen LogP contribution in [0.25, 0.3) is 0 Å². The summed E-state index contributed by atoms with van der Waals surface area (Å²) in [6, 6.07) is 0. The molecule has 0 aliphatic rings. The molecule has 0 fully saturated rings. The zero-order valence-corrected chi connectivity index (χ0v) is 8.91. The molecule has 0 radical (unpaired) electrons. The van der Waals surface area contributed by atoms with E-state index in [4.69, 9.17) is 22.9 Å². The highest BCUT2D eigenvalue weighted by Gasteiger charge is 2.24. The van der Waals surface area contributed by atoms with E-state index in [1.807, 2.05) is 6.08 Å². The first-order valence-electron chi connectivity index (χ1n) is 5.22. The van der Waals surface area contributed by atoms with Crippen LogP contribution in [0.3, 0.4) is 0 Å². The molecule has 0 amide bonds. The Bertz CT molecular complexity index is 139. The summed E-state index contributed by atoms with van der Waals surface area (Å²) in [5, 5.41) is 0. The van der Waals surface area contributed by atoms with Crippen LogP contribution >= 0.6 is 0 Å². The molecular formula is C10H24N4. The van der Waals surface area contributed by atoms with Crippen LogP contribution in [-0.4, -0.2) is 26.2 Å². The Kier molecular flexibility index (Phi) is 7.70. The molecule has 4 nitrogen and oxygen atoms in total. The molecular weight excluding hydrogens is 176 g/mol. The summed E-state index contributed by atoms with van der Waals surface area (Å²) in [6.07, 6.45) is 6.90. The van der Waals surface area contributed by atoms with Crippen molar-refractivity contribution in [1.82, 2.24) is 0 Å². The smallest absolute Gasteiger partial charge is 0.0107 e. The molecule has 0 aromatic heterocycles. The van der Waals surface area contributed by atoms with E-state index in [2.05, 4.69) is 6.08 Å². The van der Waals surface area contributed by atoms with E-state index in [0.717, 1.165) is 19.3 Å². The van der Waals surface area contributed by atoms with Crippen molar-refractivity contribution in [3.63, 3.8) is 0 Å². The maximum atomic E-state index is 5.60. The average molecular weight is 200 g/mol. The van der Waals surface area contributed by atoms with E-state index in [1.54, 1.807) is 0 Å². The molecule has 0 atom stereocenters. The van der Waals surface area contributed by atoms with Crippen LogP contribution in [-0.2, 0) is 0 Å². The highest BCUT2D eigenvalue weighted by atomic mass is 14.6. The van der Waals surface area contributed by atoms with Gasteiger partial charge in [0.2, 0.25) is 0 Å². The maximum Gasteiger partial charge on any atom is 0.0107 e. The minimum Gasteiger partial charge on any atom is -0.330 e. The van der Waals surface area contributed by atoms with Crippen LogP contribution in [0.5, 0.6) is 0 Å². The molecule has 0 saturated carbocycles. The Morgan fingerprint density at radius 1 is 0.786 bits per heavy atom. The van der Waals surface area contributed by atoms with Gasteiger partial charge in [-0.3, -0.25) is 0 Å². The Hall–Kier alpha value is -0.420. The van der Waals surface area contributed by atoms with Crippen molar-refractivity contribution in [2.24, 2.45) is 28.3 Å². The summed E-state index contributed by atoms with van der Waals surface area (Å²) < 4.78 is 0. The van der Waals surface area contributed by atoms with Crippen LogP contribution in [0.15, 0.2) is 12.2 Å². The Morgan fingerprint density at radius 2 is 1.21 bits per heavy atom. The summed E-state index contributed by atoms with van der Waals surface area (Å²) in [7, 11) is 0. The zero-order chi connectivity index (χ0) is 10.9. The van der Waals surface area contributed by atoms with Gasteiger partial charge in [0.1, 0.15) is 0 Å². The molecule has 0 aliphatic heterocycles. The lowest BCUT2D eigenvalue weighted by atomic mass is 9.77. The molecule has 0 bridgehead atoms. The van der Waals surface area contributed by atoms with E-state index < -0.39 is 0 Å². The fraction of sp³-hybridized carbons (Fsp3) is 0.800. The van der Waals surface area contributed by atoms with Gasteiger partial charge in [0.15, 0.2) is 0 Å². The topological polar surface area (TPSA) is 104 Å². The van der Waals surface area contributed by atoms with E-state index in [0.29, 0.717) is 26.2 Å². The third kappa shape index (κ3) is 4.72. The molecule has 0 aliphatic carbocycles. The molecule has 0 aromatic rings. The first-order valence-corrected chi connectivity index (χ1v) is 5.22. The predicted molar refractivity (Wildman–Crippen MR) is 61.6 cm³/mol. The summed E-state index contributed by atoms with van der Waals surface area (Å²) in [6.45, 7) is 2.54. The monoisotopic (exact) mass is 200 g/mol.